The fourth-order valence-electron chi connectivity index (χ4n) is 1.92. The third kappa shape index (κ3) is 2.82. The van der Waals surface area contributed by atoms with Gasteiger partial charge in [0.15, 0.2) is 0 Å². The quantitative estimate of drug-likeness (QED) is 0.803. The lowest BCUT2D eigenvalue weighted by atomic mass is 9.94. The predicted molar refractivity (Wildman–Crippen MR) is 62.4 cm³/mol. The molecule has 5 nitrogen and oxygen atoms in total. The van der Waals surface area contributed by atoms with Crippen LogP contribution < -0.4 is 15.8 Å². The zero-order chi connectivity index (χ0) is 11.4. The van der Waals surface area contributed by atoms with Crippen LogP contribution in [0.4, 0.5) is 5.82 Å². The molecule has 0 spiro atoms. The van der Waals surface area contributed by atoms with E-state index >= 15 is 0 Å². The van der Waals surface area contributed by atoms with E-state index in [2.05, 4.69) is 15.3 Å². The summed E-state index contributed by atoms with van der Waals surface area (Å²) in [5, 5.41) is 2.96. The molecule has 0 radical (unpaired) electrons. The minimum Gasteiger partial charge on any atom is -0.474 e. The van der Waals surface area contributed by atoms with Crippen molar-refractivity contribution < 1.29 is 4.74 Å². The molecule has 0 aliphatic heterocycles. The van der Waals surface area contributed by atoms with Gasteiger partial charge in [0.05, 0.1) is 0 Å². The van der Waals surface area contributed by atoms with E-state index in [4.69, 9.17) is 10.5 Å². The first-order valence-corrected chi connectivity index (χ1v) is 5.70. The summed E-state index contributed by atoms with van der Waals surface area (Å²) in [6.45, 7) is 0. The Hall–Kier alpha value is -1.36. The van der Waals surface area contributed by atoms with E-state index in [1.165, 1.54) is 6.33 Å². The van der Waals surface area contributed by atoms with Crippen molar-refractivity contribution in [1.82, 2.24) is 9.97 Å². The molecule has 16 heavy (non-hydrogen) atoms. The van der Waals surface area contributed by atoms with Gasteiger partial charge in [0, 0.05) is 19.2 Å². The number of nitrogens with one attached hydrogen (secondary N) is 1. The van der Waals surface area contributed by atoms with Gasteiger partial charge in [0.25, 0.3) is 0 Å². The van der Waals surface area contributed by atoms with Gasteiger partial charge in [-0.1, -0.05) is 0 Å². The molecule has 3 N–H and O–H groups in total. The van der Waals surface area contributed by atoms with Crippen molar-refractivity contribution in [2.75, 3.05) is 12.4 Å². The molecule has 1 heterocycles. The Morgan fingerprint density at radius 2 is 2.06 bits per heavy atom. The zero-order valence-electron chi connectivity index (χ0n) is 9.52. The second-order valence-electron chi connectivity index (χ2n) is 4.15. The van der Waals surface area contributed by atoms with Crippen LogP contribution in [0.25, 0.3) is 0 Å². The largest absolute Gasteiger partial charge is 0.474 e. The molecule has 1 aliphatic carbocycles. The molecule has 1 fully saturated rings. The lowest BCUT2D eigenvalue weighted by Crippen LogP contribution is -2.31. The summed E-state index contributed by atoms with van der Waals surface area (Å²) >= 11 is 0. The van der Waals surface area contributed by atoms with Crippen LogP contribution in [0, 0.1) is 0 Å². The van der Waals surface area contributed by atoms with E-state index in [0.29, 0.717) is 11.9 Å². The average molecular weight is 222 g/mol. The zero-order valence-corrected chi connectivity index (χ0v) is 9.52. The standard InChI is InChI=1S/C11H18N4O/c1-13-10-6-11(15-7-14-10)16-9-4-2-8(12)3-5-9/h6-9H,2-5,12H2,1H3,(H,13,14,15)/t8-,9-. The molecule has 2 rings (SSSR count). The maximum Gasteiger partial charge on any atom is 0.218 e. The second-order valence-corrected chi connectivity index (χ2v) is 4.15. The lowest BCUT2D eigenvalue weighted by Gasteiger charge is -2.26. The van der Waals surface area contributed by atoms with E-state index in [0.717, 1.165) is 31.5 Å². The van der Waals surface area contributed by atoms with Gasteiger partial charge in [-0.25, -0.2) is 9.97 Å². The highest BCUT2D eigenvalue weighted by Gasteiger charge is 2.20. The van der Waals surface area contributed by atoms with Crippen LogP contribution in [0.5, 0.6) is 5.88 Å². The maximum absolute atomic E-state index is 5.84. The molecule has 0 atom stereocenters. The van der Waals surface area contributed by atoms with Crippen molar-refractivity contribution in [2.45, 2.75) is 37.8 Å². The van der Waals surface area contributed by atoms with Crippen molar-refractivity contribution in [2.24, 2.45) is 5.73 Å². The summed E-state index contributed by atoms with van der Waals surface area (Å²) in [5.41, 5.74) is 5.84. The van der Waals surface area contributed by atoms with Gasteiger partial charge < -0.3 is 15.8 Å². The summed E-state index contributed by atoms with van der Waals surface area (Å²) in [4.78, 5) is 8.14. The Bertz CT molecular complexity index is 337. The van der Waals surface area contributed by atoms with E-state index in [-0.39, 0.29) is 6.10 Å². The molecule has 0 saturated heterocycles. The smallest absolute Gasteiger partial charge is 0.218 e. The number of ether oxygens (including phenoxy) is 1. The fourth-order valence-corrected chi connectivity index (χ4v) is 1.92. The molecule has 1 aliphatic rings. The van der Waals surface area contributed by atoms with Gasteiger partial charge in [-0.2, -0.15) is 0 Å². The van der Waals surface area contributed by atoms with Crippen LogP contribution in [0.3, 0.4) is 0 Å². The number of rotatable bonds is 3. The Morgan fingerprint density at radius 1 is 1.31 bits per heavy atom. The molecule has 5 heteroatoms. The Labute approximate surface area is 95.4 Å². The molecule has 1 aromatic heterocycles. The Morgan fingerprint density at radius 3 is 2.75 bits per heavy atom. The average Bonchev–Trinajstić information content (AvgIpc) is 2.32. The molecule has 1 saturated carbocycles. The van der Waals surface area contributed by atoms with Crippen molar-refractivity contribution in [3.63, 3.8) is 0 Å². The molecule has 88 valence electrons. The normalized spacial score (nSPS) is 25.1. The lowest BCUT2D eigenvalue weighted by molar-refractivity contribution is 0.141. The first-order chi connectivity index (χ1) is 7.78. The van der Waals surface area contributed by atoms with Crippen LogP contribution in [-0.2, 0) is 0 Å². The number of hydrogen-bond acceptors (Lipinski definition) is 5. The van der Waals surface area contributed by atoms with Crippen LogP contribution in [-0.4, -0.2) is 29.2 Å². The number of hydrogen-bond donors (Lipinski definition) is 2. The minimum absolute atomic E-state index is 0.249. The van der Waals surface area contributed by atoms with Crippen LogP contribution >= 0.6 is 0 Å². The van der Waals surface area contributed by atoms with Gasteiger partial charge in [-0.3, -0.25) is 0 Å². The summed E-state index contributed by atoms with van der Waals surface area (Å²) in [7, 11) is 1.83. The highest BCUT2D eigenvalue weighted by molar-refractivity contribution is 5.36. The summed E-state index contributed by atoms with van der Waals surface area (Å²) in [6.07, 6.45) is 5.86. The molecule has 0 amide bonds. The van der Waals surface area contributed by atoms with Gasteiger partial charge in [0.2, 0.25) is 5.88 Å². The third-order valence-corrected chi connectivity index (χ3v) is 2.90. The van der Waals surface area contributed by atoms with E-state index in [1.54, 1.807) is 0 Å². The van der Waals surface area contributed by atoms with Gasteiger partial charge in [-0.05, 0) is 25.7 Å². The first kappa shape index (κ1) is 11.1. The van der Waals surface area contributed by atoms with Crippen molar-refractivity contribution >= 4 is 5.82 Å². The monoisotopic (exact) mass is 222 g/mol. The van der Waals surface area contributed by atoms with Crippen molar-refractivity contribution in [3.8, 4) is 5.88 Å². The molecule has 0 bridgehead atoms. The second kappa shape index (κ2) is 5.12. The maximum atomic E-state index is 5.84. The first-order valence-electron chi connectivity index (χ1n) is 5.70. The summed E-state index contributed by atoms with van der Waals surface area (Å²) in [5.74, 6) is 1.41. The molecule has 0 aromatic carbocycles. The van der Waals surface area contributed by atoms with Gasteiger partial charge in [-0.15, -0.1) is 0 Å². The van der Waals surface area contributed by atoms with Crippen molar-refractivity contribution in [1.29, 1.82) is 0 Å². The van der Waals surface area contributed by atoms with Gasteiger partial charge in [0.1, 0.15) is 18.2 Å². The Kier molecular flexibility index (Phi) is 3.56. The SMILES string of the molecule is CNc1cc(O[C@H]2CC[C@H](N)CC2)ncn1. The molecular formula is C11H18N4O. The third-order valence-electron chi connectivity index (χ3n) is 2.90. The van der Waals surface area contributed by atoms with E-state index in [1.807, 2.05) is 13.1 Å². The Balaban J connectivity index is 1.93. The summed E-state index contributed by atoms with van der Waals surface area (Å²) in [6, 6.07) is 2.16. The number of anilines is 1. The topological polar surface area (TPSA) is 73.1 Å². The highest BCUT2D eigenvalue weighted by Crippen LogP contribution is 2.22. The number of nitrogens with two attached hydrogens (primary N) is 1. The molecule has 0 unspecified atom stereocenters. The van der Waals surface area contributed by atoms with E-state index in [9.17, 15) is 0 Å². The minimum atomic E-state index is 0.249. The van der Waals surface area contributed by atoms with Crippen molar-refractivity contribution in [3.05, 3.63) is 12.4 Å². The number of nitrogens with zero attached hydrogens (tertiary/aromatic N) is 2. The fraction of sp³-hybridized carbons (Fsp3) is 0.636. The molecule has 1 aromatic rings. The summed E-state index contributed by atoms with van der Waals surface area (Å²) < 4.78 is 5.80. The van der Waals surface area contributed by atoms with Gasteiger partial charge >= 0.3 is 0 Å². The van der Waals surface area contributed by atoms with Crippen LogP contribution in [0.2, 0.25) is 0 Å². The predicted octanol–water partition coefficient (Wildman–Crippen LogP) is 1.17. The van der Waals surface area contributed by atoms with Crippen LogP contribution in [0.15, 0.2) is 12.4 Å². The molecular weight excluding hydrogens is 204 g/mol. The number of aromatic nitrogens is 2. The van der Waals surface area contributed by atoms with Crippen LogP contribution in [0.1, 0.15) is 25.7 Å². The highest BCUT2D eigenvalue weighted by atomic mass is 16.5. The van der Waals surface area contributed by atoms with E-state index < -0.39 is 0 Å².